The van der Waals surface area contributed by atoms with Crippen molar-refractivity contribution in [1.29, 1.82) is 0 Å². The van der Waals surface area contributed by atoms with Gasteiger partial charge in [-0.25, -0.2) is 9.97 Å². The second-order valence-electron chi connectivity index (χ2n) is 5.79. The Morgan fingerprint density at radius 3 is 2.70 bits per heavy atom. The molecule has 1 aromatic heterocycles. The van der Waals surface area contributed by atoms with E-state index in [0.29, 0.717) is 24.6 Å². The lowest BCUT2D eigenvalue weighted by atomic mass is 10.0. The van der Waals surface area contributed by atoms with Crippen LogP contribution in [0.1, 0.15) is 15.9 Å². The smallest absolute Gasteiger partial charge is 0.251 e. The zero-order valence-corrected chi connectivity index (χ0v) is 13.0. The quantitative estimate of drug-likeness (QED) is 0.881. The molecule has 2 atom stereocenters. The minimum Gasteiger partial charge on any atom is -0.396 e. The minimum absolute atomic E-state index is 0.0159. The number of rotatable bonds is 4. The van der Waals surface area contributed by atoms with E-state index in [2.05, 4.69) is 15.3 Å². The molecule has 0 radical (unpaired) electrons. The fourth-order valence-corrected chi connectivity index (χ4v) is 2.91. The van der Waals surface area contributed by atoms with Crippen LogP contribution in [0.5, 0.6) is 0 Å². The summed E-state index contributed by atoms with van der Waals surface area (Å²) >= 11 is 0. The zero-order valence-electron chi connectivity index (χ0n) is 13.0. The summed E-state index contributed by atoms with van der Waals surface area (Å²) in [6.07, 6.45) is 3.38. The fourth-order valence-electron chi connectivity index (χ4n) is 2.91. The largest absolute Gasteiger partial charge is 0.396 e. The molecule has 23 heavy (non-hydrogen) atoms. The normalized spacial score (nSPS) is 20.5. The number of nitrogens with zero attached hydrogens (tertiary/aromatic N) is 3. The average molecular weight is 312 g/mol. The van der Waals surface area contributed by atoms with Gasteiger partial charge in [0.15, 0.2) is 0 Å². The lowest BCUT2D eigenvalue weighted by molar-refractivity contribution is 0.0921. The van der Waals surface area contributed by atoms with Gasteiger partial charge in [0.05, 0.1) is 6.04 Å². The van der Waals surface area contributed by atoms with Crippen molar-refractivity contribution in [2.75, 3.05) is 24.6 Å². The highest BCUT2D eigenvalue weighted by Gasteiger charge is 2.34. The molecule has 0 bridgehead atoms. The molecule has 1 saturated heterocycles. The molecule has 2 aromatic rings. The molecule has 3 rings (SSSR count). The van der Waals surface area contributed by atoms with Crippen molar-refractivity contribution in [3.8, 4) is 0 Å². The van der Waals surface area contributed by atoms with Crippen molar-refractivity contribution in [2.45, 2.75) is 13.0 Å². The standard InChI is InChI=1S/C17H20N4O2/c1-12-5-2-3-6-14(12)16(23)20-15-10-21(9-13(15)11-22)17-18-7-4-8-19-17/h2-8,13,15,22H,9-11H2,1H3,(H,20,23). The van der Waals surface area contributed by atoms with Gasteiger partial charge in [-0.3, -0.25) is 4.79 Å². The van der Waals surface area contributed by atoms with Crippen molar-refractivity contribution < 1.29 is 9.90 Å². The van der Waals surface area contributed by atoms with Crippen LogP contribution in [0.2, 0.25) is 0 Å². The van der Waals surface area contributed by atoms with Crippen LogP contribution in [0.4, 0.5) is 5.95 Å². The number of benzene rings is 1. The fraction of sp³-hybridized carbons (Fsp3) is 0.353. The number of aliphatic hydroxyl groups excluding tert-OH is 1. The van der Waals surface area contributed by atoms with E-state index in [1.165, 1.54) is 0 Å². The van der Waals surface area contributed by atoms with Crippen LogP contribution < -0.4 is 10.2 Å². The first-order chi connectivity index (χ1) is 11.2. The van der Waals surface area contributed by atoms with Gasteiger partial charge in [-0.2, -0.15) is 0 Å². The molecule has 1 aliphatic rings. The van der Waals surface area contributed by atoms with Gasteiger partial charge in [-0.05, 0) is 24.6 Å². The number of nitrogens with one attached hydrogen (secondary N) is 1. The van der Waals surface area contributed by atoms with Crippen molar-refractivity contribution >= 4 is 11.9 Å². The van der Waals surface area contributed by atoms with Gasteiger partial charge < -0.3 is 15.3 Å². The number of carbonyl (C=O) groups is 1. The highest BCUT2D eigenvalue weighted by atomic mass is 16.3. The van der Waals surface area contributed by atoms with E-state index in [1.54, 1.807) is 18.5 Å². The van der Waals surface area contributed by atoms with E-state index in [0.717, 1.165) is 5.56 Å². The summed E-state index contributed by atoms with van der Waals surface area (Å²) in [5, 5.41) is 12.7. The molecule has 0 spiro atoms. The van der Waals surface area contributed by atoms with Crippen molar-refractivity contribution in [3.05, 3.63) is 53.9 Å². The van der Waals surface area contributed by atoms with E-state index in [-0.39, 0.29) is 24.5 Å². The highest BCUT2D eigenvalue weighted by molar-refractivity contribution is 5.95. The SMILES string of the molecule is Cc1ccccc1C(=O)NC1CN(c2ncccn2)CC1CO. The van der Waals surface area contributed by atoms with Crippen LogP contribution in [-0.2, 0) is 0 Å². The van der Waals surface area contributed by atoms with E-state index >= 15 is 0 Å². The summed E-state index contributed by atoms with van der Waals surface area (Å²) < 4.78 is 0. The number of aliphatic hydroxyl groups is 1. The number of amides is 1. The number of aryl methyl sites for hydroxylation is 1. The van der Waals surface area contributed by atoms with Gasteiger partial charge in [0, 0.05) is 43.6 Å². The first kappa shape index (κ1) is 15.4. The minimum atomic E-state index is -0.129. The summed E-state index contributed by atoms with van der Waals surface area (Å²) in [6, 6.07) is 9.12. The Bertz CT molecular complexity index is 677. The monoisotopic (exact) mass is 312 g/mol. The van der Waals surface area contributed by atoms with Gasteiger partial charge in [-0.15, -0.1) is 0 Å². The maximum atomic E-state index is 12.5. The molecule has 1 fully saturated rings. The molecule has 6 nitrogen and oxygen atoms in total. The number of carbonyl (C=O) groups excluding carboxylic acids is 1. The average Bonchev–Trinajstić information content (AvgIpc) is 2.99. The first-order valence-electron chi connectivity index (χ1n) is 7.68. The van der Waals surface area contributed by atoms with Gasteiger partial charge in [0.1, 0.15) is 0 Å². The zero-order chi connectivity index (χ0) is 16.2. The molecule has 1 aliphatic heterocycles. The van der Waals surface area contributed by atoms with Crippen LogP contribution >= 0.6 is 0 Å². The Morgan fingerprint density at radius 1 is 1.26 bits per heavy atom. The third-order valence-corrected chi connectivity index (χ3v) is 4.22. The van der Waals surface area contributed by atoms with Crippen LogP contribution in [0.3, 0.4) is 0 Å². The molecule has 1 aromatic carbocycles. The third kappa shape index (κ3) is 3.32. The van der Waals surface area contributed by atoms with E-state index < -0.39 is 0 Å². The number of hydrogen-bond donors (Lipinski definition) is 2. The topological polar surface area (TPSA) is 78.4 Å². The highest BCUT2D eigenvalue weighted by Crippen LogP contribution is 2.21. The first-order valence-corrected chi connectivity index (χ1v) is 7.68. The molecule has 2 unspecified atom stereocenters. The predicted molar refractivity (Wildman–Crippen MR) is 87.3 cm³/mol. The summed E-state index contributed by atoms with van der Waals surface area (Å²) in [7, 11) is 0. The Morgan fingerprint density at radius 2 is 2.00 bits per heavy atom. The van der Waals surface area contributed by atoms with Gasteiger partial charge in [0.2, 0.25) is 5.95 Å². The summed E-state index contributed by atoms with van der Waals surface area (Å²) in [4.78, 5) is 22.9. The van der Waals surface area contributed by atoms with E-state index in [1.807, 2.05) is 36.1 Å². The molecule has 0 saturated carbocycles. The van der Waals surface area contributed by atoms with Crippen molar-refractivity contribution in [3.63, 3.8) is 0 Å². The third-order valence-electron chi connectivity index (χ3n) is 4.22. The van der Waals surface area contributed by atoms with Crippen LogP contribution in [0, 0.1) is 12.8 Å². The Hall–Kier alpha value is -2.47. The van der Waals surface area contributed by atoms with E-state index in [9.17, 15) is 9.90 Å². The Balaban J connectivity index is 1.72. The molecule has 6 heteroatoms. The van der Waals surface area contributed by atoms with Crippen LogP contribution in [-0.4, -0.2) is 46.7 Å². The van der Waals surface area contributed by atoms with Crippen LogP contribution in [0.25, 0.3) is 0 Å². The molecule has 2 heterocycles. The van der Waals surface area contributed by atoms with Crippen molar-refractivity contribution in [2.24, 2.45) is 5.92 Å². The molecule has 1 amide bonds. The second-order valence-corrected chi connectivity index (χ2v) is 5.79. The van der Waals surface area contributed by atoms with Gasteiger partial charge in [0.25, 0.3) is 5.91 Å². The molecule has 2 N–H and O–H groups in total. The second kappa shape index (κ2) is 6.75. The molecule has 120 valence electrons. The lowest BCUT2D eigenvalue weighted by Gasteiger charge is -2.18. The summed E-state index contributed by atoms with van der Waals surface area (Å²) in [5.74, 6) is 0.479. The van der Waals surface area contributed by atoms with Gasteiger partial charge in [-0.1, -0.05) is 18.2 Å². The summed E-state index contributed by atoms with van der Waals surface area (Å²) in [5.41, 5.74) is 1.60. The molecule has 0 aliphatic carbocycles. The van der Waals surface area contributed by atoms with Crippen molar-refractivity contribution in [1.82, 2.24) is 15.3 Å². The predicted octanol–water partition coefficient (Wildman–Crippen LogP) is 1.01. The molecular formula is C17H20N4O2. The number of hydrogen-bond acceptors (Lipinski definition) is 5. The maximum Gasteiger partial charge on any atom is 0.251 e. The molecular weight excluding hydrogens is 292 g/mol. The van der Waals surface area contributed by atoms with E-state index in [4.69, 9.17) is 0 Å². The maximum absolute atomic E-state index is 12.5. The lowest BCUT2D eigenvalue weighted by Crippen LogP contribution is -2.41. The number of aromatic nitrogens is 2. The van der Waals surface area contributed by atoms with Crippen LogP contribution in [0.15, 0.2) is 42.7 Å². The number of anilines is 1. The van der Waals surface area contributed by atoms with Gasteiger partial charge >= 0.3 is 0 Å². The summed E-state index contributed by atoms with van der Waals surface area (Å²) in [6.45, 7) is 3.14. The Labute approximate surface area is 135 Å². The Kier molecular flexibility index (Phi) is 4.52.